The molecule has 0 bridgehead atoms. The van der Waals surface area contributed by atoms with Crippen LogP contribution < -0.4 is 10.1 Å². The van der Waals surface area contributed by atoms with E-state index in [1.54, 1.807) is 12.3 Å². The van der Waals surface area contributed by atoms with Gasteiger partial charge in [0.2, 0.25) is 5.91 Å². The maximum absolute atomic E-state index is 12.1. The third-order valence-corrected chi connectivity index (χ3v) is 3.73. The zero-order chi connectivity index (χ0) is 16.2. The standard InChI is InChI=1S/C16H18N4O3/c1-11-14(8-18-19-11)12-3-2-4-13(7-12)23-10-16(22)20-6-5-17-15(21)9-20/h2-4,7-8H,5-6,9-10H2,1H3,(H,17,21)(H,18,19). The minimum atomic E-state index is -0.190. The van der Waals surface area contributed by atoms with Gasteiger partial charge in [-0.1, -0.05) is 12.1 Å². The number of nitrogens with zero attached hydrogens (tertiary/aromatic N) is 2. The molecule has 0 radical (unpaired) electrons. The summed E-state index contributed by atoms with van der Waals surface area (Å²) in [5.41, 5.74) is 2.94. The Balaban J connectivity index is 1.63. The van der Waals surface area contributed by atoms with E-state index in [4.69, 9.17) is 4.74 Å². The molecule has 2 aromatic rings. The Morgan fingerprint density at radius 2 is 2.30 bits per heavy atom. The van der Waals surface area contributed by atoms with Gasteiger partial charge in [-0.3, -0.25) is 14.7 Å². The van der Waals surface area contributed by atoms with Crippen LogP contribution in [0.5, 0.6) is 5.75 Å². The van der Waals surface area contributed by atoms with E-state index in [-0.39, 0.29) is 25.0 Å². The van der Waals surface area contributed by atoms with E-state index in [9.17, 15) is 9.59 Å². The highest BCUT2D eigenvalue weighted by atomic mass is 16.5. The first-order valence-corrected chi connectivity index (χ1v) is 7.41. The van der Waals surface area contributed by atoms with Gasteiger partial charge in [0, 0.05) is 24.3 Å². The highest BCUT2D eigenvalue weighted by Gasteiger charge is 2.21. The second-order valence-electron chi connectivity index (χ2n) is 5.39. The number of aromatic amines is 1. The molecule has 1 aromatic heterocycles. The van der Waals surface area contributed by atoms with Crippen LogP contribution >= 0.6 is 0 Å². The van der Waals surface area contributed by atoms with E-state index in [2.05, 4.69) is 15.5 Å². The SMILES string of the molecule is Cc1[nH]ncc1-c1cccc(OCC(=O)N2CCNC(=O)C2)c1. The second kappa shape index (κ2) is 6.51. The topological polar surface area (TPSA) is 87.3 Å². The lowest BCUT2D eigenvalue weighted by molar-refractivity contribution is -0.139. The molecule has 7 nitrogen and oxygen atoms in total. The first kappa shape index (κ1) is 15.1. The number of carbonyl (C=O) groups is 2. The van der Waals surface area contributed by atoms with Gasteiger partial charge in [0.1, 0.15) is 5.75 Å². The van der Waals surface area contributed by atoms with Crippen molar-refractivity contribution in [1.29, 1.82) is 0 Å². The second-order valence-corrected chi connectivity index (χ2v) is 5.39. The van der Waals surface area contributed by atoms with Gasteiger partial charge in [-0.25, -0.2) is 0 Å². The Labute approximate surface area is 133 Å². The van der Waals surface area contributed by atoms with Crippen LogP contribution in [0.15, 0.2) is 30.5 Å². The Morgan fingerprint density at radius 3 is 3.04 bits per heavy atom. The predicted octanol–water partition coefficient (Wildman–Crippen LogP) is 0.722. The molecule has 23 heavy (non-hydrogen) atoms. The van der Waals surface area contributed by atoms with Crippen LogP contribution in [0, 0.1) is 6.92 Å². The fraction of sp³-hybridized carbons (Fsp3) is 0.312. The number of carbonyl (C=O) groups excluding carboxylic acids is 2. The van der Waals surface area contributed by atoms with Crippen molar-refractivity contribution in [3.8, 4) is 16.9 Å². The number of benzene rings is 1. The lowest BCUT2D eigenvalue weighted by Gasteiger charge is -2.26. The first-order chi connectivity index (χ1) is 11.1. The summed E-state index contributed by atoms with van der Waals surface area (Å²) in [6.07, 6.45) is 1.76. The van der Waals surface area contributed by atoms with Crippen molar-refractivity contribution in [2.24, 2.45) is 0 Å². The van der Waals surface area contributed by atoms with Gasteiger partial charge in [-0.2, -0.15) is 5.10 Å². The Kier molecular flexibility index (Phi) is 4.27. The predicted molar refractivity (Wildman–Crippen MR) is 83.8 cm³/mol. The number of H-pyrrole nitrogens is 1. The maximum Gasteiger partial charge on any atom is 0.261 e. The fourth-order valence-electron chi connectivity index (χ4n) is 2.48. The molecule has 2 N–H and O–H groups in total. The Hall–Kier alpha value is -2.83. The number of hydrogen-bond acceptors (Lipinski definition) is 4. The monoisotopic (exact) mass is 314 g/mol. The minimum absolute atomic E-state index is 0.0822. The van der Waals surface area contributed by atoms with Crippen LogP contribution in [0.4, 0.5) is 0 Å². The van der Waals surface area contributed by atoms with Crippen LogP contribution in [0.25, 0.3) is 11.1 Å². The Morgan fingerprint density at radius 1 is 1.43 bits per heavy atom. The molecule has 2 amide bonds. The van der Waals surface area contributed by atoms with E-state index in [1.165, 1.54) is 4.90 Å². The first-order valence-electron chi connectivity index (χ1n) is 7.41. The number of amides is 2. The average molecular weight is 314 g/mol. The molecule has 0 spiro atoms. The van der Waals surface area contributed by atoms with Crippen LogP contribution in [-0.2, 0) is 9.59 Å². The van der Waals surface area contributed by atoms with Crippen LogP contribution in [0.3, 0.4) is 0 Å². The quantitative estimate of drug-likeness (QED) is 0.870. The molecule has 1 aliphatic rings. The molecule has 120 valence electrons. The van der Waals surface area contributed by atoms with Gasteiger partial charge in [-0.15, -0.1) is 0 Å². The average Bonchev–Trinajstić information content (AvgIpc) is 2.99. The van der Waals surface area contributed by atoms with E-state index in [0.29, 0.717) is 18.8 Å². The molecule has 1 aliphatic heterocycles. The third-order valence-electron chi connectivity index (χ3n) is 3.73. The smallest absolute Gasteiger partial charge is 0.261 e. The molecule has 1 saturated heterocycles. The molecule has 0 unspecified atom stereocenters. The molecular formula is C16H18N4O3. The van der Waals surface area contributed by atoms with Crippen molar-refractivity contribution in [1.82, 2.24) is 20.4 Å². The highest BCUT2D eigenvalue weighted by molar-refractivity contribution is 5.86. The van der Waals surface area contributed by atoms with Crippen molar-refractivity contribution >= 4 is 11.8 Å². The number of nitrogens with one attached hydrogen (secondary N) is 2. The lowest BCUT2D eigenvalue weighted by atomic mass is 10.1. The van der Waals surface area contributed by atoms with Gasteiger partial charge in [-0.05, 0) is 24.6 Å². The number of piperazine rings is 1. The molecule has 0 saturated carbocycles. The van der Waals surface area contributed by atoms with Gasteiger partial charge >= 0.3 is 0 Å². The number of aromatic nitrogens is 2. The molecule has 3 rings (SSSR count). The van der Waals surface area contributed by atoms with Gasteiger partial charge in [0.15, 0.2) is 6.61 Å². The number of rotatable bonds is 4. The van der Waals surface area contributed by atoms with Gasteiger partial charge in [0.05, 0.1) is 12.7 Å². The zero-order valence-corrected chi connectivity index (χ0v) is 12.8. The normalized spacial score (nSPS) is 14.5. The van der Waals surface area contributed by atoms with Gasteiger partial charge < -0.3 is 15.0 Å². The van der Waals surface area contributed by atoms with Crippen molar-refractivity contribution in [2.45, 2.75) is 6.92 Å². The lowest BCUT2D eigenvalue weighted by Crippen LogP contribution is -2.51. The number of aryl methyl sites for hydroxylation is 1. The summed E-state index contributed by atoms with van der Waals surface area (Å²) in [5, 5.41) is 9.59. The summed E-state index contributed by atoms with van der Waals surface area (Å²) in [6, 6.07) is 7.50. The molecular weight excluding hydrogens is 296 g/mol. The largest absolute Gasteiger partial charge is 0.484 e. The van der Waals surface area contributed by atoms with Crippen LogP contribution in [0.2, 0.25) is 0 Å². The van der Waals surface area contributed by atoms with E-state index in [0.717, 1.165) is 16.8 Å². The summed E-state index contributed by atoms with van der Waals surface area (Å²) in [4.78, 5) is 24.9. The maximum atomic E-state index is 12.1. The Bertz CT molecular complexity index is 726. The fourth-order valence-corrected chi connectivity index (χ4v) is 2.48. The highest BCUT2D eigenvalue weighted by Crippen LogP contribution is 2.25. The van der Waals surface area contributed by atoms with Crippen LogP contribution in [0.1, 0.15) is 5.69 Å². The summed E-state index contributed by atoms with van der Waals surface area (Å²) in [5.74, 6) is 0.282. The minimum Gasteiger partial charge on any atom is -0.484 e. The van der Waals surface area contributed by atoms with Crippen molar-refractivity contribution in [3.63, 3.8) is 0 Å². The summed E-state index contributed by atoms with van der Waals surface area (Å²) in [6.45, 7) is 2.96. The molecule has 1 aromatic carbocycles. The molecule has 0 aliphatic carbocycles. The molecule has 7 heteroatoms. The molecule has 2 heterocycles. The van der Waals surface area contributed by atoms with Crippen molar-refractivity contribution in [3.05, 3.63) is 36.2 Å². The summed E-state index contributed by atoms with van der Waals surface area (Å²) in [7, 11) is 0. The van der Waals surface area contributed by atoms with E-state index >= 15 is 0 Å². The number of ether oxygens (including phenoxy) is 1. The third kappa shape index (κ3) is 3.50. The number of hydrogen-bond donors (Lipinski definition) is 2. The zero-order valence-electron chi connectivity index (χ0n) is 12.8. The van der Waals surface area contributed by atoms with Crippen LogP contribution in [-0.4, -0.2) is 53.2 Å². The molecule has 1 fully saturated rings. The van der Waals surface area contributed by atoms with Crippen molar-refractivity contribution in [2.75, 3.05) is 26.2 Å². The summed E-state index contributed by atoms with van der Waals surface area (Å²) < 4.78 is 5.58. The van der Waals surface area contributed by atoms with E-state index < -0.39 is 0 Å². The molecule has 0 atom stereocenters. The summed E-state index contributed by atoms with van der Waals surface area (Å²) >= 11 is 0. The van der Waals surface area contributed by atoms with Gasteiger partial charge in [0.25, 0.3) is 5.91 Å². The van der Waals surface area contributed by atoms with E-state index in [1.807, 2.05) is 25.1 Å². The van der Waals surface area contributed by atoms with Crippen molar-refractivity contribution < 1.29 is 14.3 Å².